The van der Waals surface area contributed by atoms with E-state index in [-0.39, 0.29) is 23.4 Å². The Morgan fingerprint density at radius 2 is 1.59 bits per heavy atom. The zero-order valence-corrected chi connectivity index (χ0v) is 24.7. The lowest BCUT2D eigenvalue weighted by molar-refractivity contribution is -0.139. The summed E-state index contributed by atoms with van der Waals surface area (Å²) in [6, 6.07) is 18.7. The average Bonchev–Trinajstić information content (AvgIpc) is 2.91. The number of hydrogen-bond donors (Lipinski definition) is 1. The Kier molecular flexibility index (Phi) is 10.4. The summed E-state index contributed by atoms with van der Waals surface area (Å²) in [5.74, 6) is -0.914. The van der Waals surface area contributed by atoms with Gasteiger partial charge in [-0.1, -0.05) is 72.1 Å². The third kappa shape index (κ3) is 7.75. The van der Waals surface area contributed by atoms with E-state index in [1.54, 1.807) is 67.6 Å². The van der Waals surface area contributed by atoms with E-state index < -0.39 is 28.5 Å². The minimum Gasteiger partial charge on any atom is -0.352 e. The maximum atomic E-state index is 13.9. The van der Waals surface area contributed by atoms with Gasteiger partial charge in [-0.3, -0.25) is 13.9 Å². The lowest BCUT2D eigenvalue weighted by Crippen LogP contribution is -2.52. The maximum Gasteiger partial charge on any atom is 0.264 e. The molecular formula is C29H33Cl2N3O4S. The summed E-state index contributed by atoms with van der Waals surface area (Å²) in [4.78, 5) is 28.4. The topological polar surface area (TPSA) is 86.8 Å². The molecule has 2 atom stereocenters. The summed E-state index contributed by atoms with van der Waals surface area (Å²) in [5.41, 5.74) is 1.81. The van der Waals surface area contributed by atoms with Gasteiger partial charge in [0.1, 0.15) is 12.6 Å². The monoisotopic (exact) mass is 589 g/mol. The van der Waals surface area contributed by atoms with E-state index in [9.17, 15) is 18.0 Å². The SMILES string of the molecule is CC[C@@H](C)NC(=O)[C@H](C)N(Cc1ccc(Cl)cc1Cl)C(=O)CN(c1ccccc1)S(=O)(=O)c1ccc(C)cc1. The molecule has 0 unspecified atom stereocenters. The number of benzene rings is 3. The van der Waals surface area contributed by atoms with Gasteiger partial charge in [0, 0.05) is 22.6 Å². The molecule has 0 fully saturated rings. The van der Waals surface area contributed by atoms with Crippen LogP contribution in [-0.4, -0.2) is 43.8 Å². The van der Waals surface area contributed by atoms with Crippen molar-refractivity contribution in [3.8, 4) is 0 Å². The number of nitrogens with zero attached hydrogens (tertiary/aromatic N) is 2. The largest absolute Gasteiger partial charge is 0.352 e. The Morgan fingerprint density at radius 1 is 0.949 bits per heavy atom. The van der Waals surface area contributed by atoms with Crippen molar-refractivity contribution in [1.29, 1.82) is 0 Å². The Bertz CT molecular complexity index is 1400. The van der Waals surface area contributed by atoms with Gasteiger partial charge < -0.3 is 10.2 Å². The normalized spacial score (nSPS) is 12.9. The highest BCUT2D eigenvalue weighted by Crippen LogP contribution is 2.26. The molecule has 1 N–H and O–H groups in total. The van der Waals surface area contributed by atoms with Crippen LogP contribution in [0.25, 0.3) is 0 Å². The number of anilines is 1. The zero-order chi connectivity index (χ0) is 28.7. The number of aryl methyl sites for hydroxylation is 1. The molecule has 0 aromatic heterocycles. The highest BCUT2D eigenvalue weighted by atomic mass is 35.5. The van der Waals surface area contributed by atoms with Crippen molar-refractivity contribution in [2.45, 2.75) is 57.6 Å². The smallest absolute Gasteiger partial charge is 0.264 e. The van der Waals surface area contributed by atoms with Gasteiger partial charge in [-0.05, 0) is 69.2 Å². The summed E-state index contributed by atoms with van der Waals surface area (Å²) < 4.78 is 28.6. The number of nitrogens with one attached hydrogen (secondary N) is 1. The summed E-state index contributed by atoms with van der Waals surface area (Å²) in [5, 5.41) is 3.67. The number of para-hydroxylation sites is 1. The molecule has 3 aromatic carbocycles. The molecule has 0 aliphatic heterocycles. The third-order valence-electron chi connectivity index (χ3n) is 6.46. The Balaban J connectivity index is 2.02. The molecule has 0 radical (unpaired) electrons. The standard InChI is InChI=1S/C29H33Cl2N3O4S/c1-5-21(3)32-29(36)22(4)33(18-23-13-14-24(30)17-27(23)31)28(35)19-34(25-9-7-6-8-10-25)39(37,38)26-15-11-20(2)12-16-26/h6-17,21-22H,5,18-19H2,1-4H3,(H,32,36)/t21-,22+/m1/s1. The van der Waals surface area contributed by atoms with Crippen LogP contribution in [0.15, 0.2) is 77.7 Å². The van der Waals surface area contributed by atoms with Crippen molar-refractivity contribution in [3.05, 3.63) is 94.0 Å². The van der Waals surface area contributed by atoms with Crippen LogP contribution in [0.4, 0.5) is 5.69 Å². The van der Waals surface area contributed by atoms with E-state index in [0.717, 1.165) is 9.87 Å². The Hall–Kier alpha value is -3.07. The molecule has 39 heavy (non-hydrogen) atoms. The number of hydrogen-bond acceptors (Lipinski definition) is 4. The second-order valence-corrected chi connectivity index (χ2v) is 12.1. The van der Waals surface area contributed by atoms with E-state index in [2.05, 4.69) is 5.32 Å². The van der Waals surface area contributed by atoms with Crippen molar-refractivity contribution in [2.24, 2.45) is 0 Å². The first-order valence-electron chi connectivity index (χ1n) is 12.6. The van der Waals surface area contributed by atoms with Crippen LogP contribution in [0.2, 0.25) is 10.0 Å². The van der Waals surface area contributed by atoms with Gasteiger partial charge in [0.25, 0.3) is 10.0 Å². The second-order valence-electron chi connectivity index (χ2n) is 9.41. The van der Waals surface area contributed by atoms with E-state index in [1.165, 1.54) is 17.0 Å². The van der Waals surface area contributed by atoms with Crippen molar-refractivity contribution in [2.75, 3.05) is 10.8 Å². The van der Waals surface area contributed by atoms with Gasteiger partial charge in [-0.25, -0.2) is 8.42 Å². The molecule has 10 heteroatoms. The predicted molar refractivity (Wildman–Crippen MR) is 157 cm³/mol. The molecule has 0 saturated carbocycles. The fourth-order valence-electron chi connectivity index (χ4n) is 3.84. The molecule has 208 valence electrons. The van der Waals surface area contributed by atoms with Crippen LogP contribution in [0.1, 0.15) is 38.3 Å². The van der Waals surface area contributed by atoms with Gasteiger partial charge in [0.2, 0.25) is 11.8 Å². The number of carbonyl (C=O) groups is 2. The van der Waals surface area contributed by atoms with Gasteiger partial charge in [-0.15, -0.1) is 0 Å². The summed E-state index contributed by atoms with van der Waals surface area (Å²) >= 11 is 12.5. The average molecular weight is 591 g/mol. The van der Waals surface area contributed by atoms with Gasteiger partial charge in [0.15, 0.2) is 0 Å². The number of rotatable bonds is 11. The lowest BCUT2D eigenvalue weighted by atomic mass is 10.1. The van der Waals surface area contributed by atoms with E-state index in [1.807, 2.05) is 20.8 Å². The molecule has 0 bridgehead atoms. The van der Waals surface area contributed by atoms with E-state index >= 15 is 0 Å². The van der Waals surface area contributed by atoms with Crippen molar-refractivity contribution in [3.63, 3.8) is 0 Å². The number of halogens is 2. The summed E-state index contributed by atoms with van der Waals surface area (Å²) in [7, 11) is -4.11. The highest BCUT2D eigenvalue weighted by molar-refractivity contribution is 7.92. The van der Waals surface area contributed by atoms with Crippen LogP contribution in [0.5, 0.6) is 0 Å². The Morgan fingerprint density at radius 3 is 2.18 bits per heavy atom. The third-order valence-corrected chi connectivity index (χ3v) is 8.83. The molecule has 7 nitrogen and oxygen atoms in total. The molecule has 0 heterocycles. The molecular weight excluding hydrogens is 557 g/mol. The van der Waals surface area contributed by atoms with Crippen LogP contribution in [0.3, 0.4) is 0 Å². The van der Waals surface area contributed by atoms with Crippen LogP contribution >= 0.6 is 23.2 Å². The minimum atomic E-state index is -4.11. The summed E-state index contributed by atoms with van der Waals surface area (Å²) in [6.45, 7) is 6.75. The lowest BCUT2D eigenvalue weighted by Gasteiger charge is -2.32. The van der Waals surface area contributed by atoms with Crippen LogP contribution in [0, 0.1) is 6.92 Å². The molecule has 3 rings (SSSR count). The molecule has 3 aromatic rings. The Labute approximate surface area is 240 Å². The van der Waals surface area contributed by atoms with E-state index in [0.29, 0.717) is 27.7 Å². The predicted octanol–water partition coefficient (Wildman–Crippen LogP) is 5.83. The van der Waals surface area contributed by atoms with Crippen LogP contribution < -0.4 is 9.62 Å². The van der Waals surface area contributed by atoms with Gasteiger partial charge in [-0.2, -0.15) is 0 Å². The van der Waals surface area contributed by atoms with Gasteiger partial charge in [0.05, 0.1) is 10.6 Å². The van der Waals surface area contributed by atoms with Crippen molar-refractivity contribution < 1.29 is 18.0 Å². The molecule has 0 aliphatic carbocycles. The minimum absolute atomic E-state index is 0.0167. The first kappa shape index (κ1) is 30.5. The molecule has 0 spiro atoms. The van der Waals surface area contributed by atoms with Gasteiger partial charge >= 0.3 is 0 Å². The fraction of sp³-hybridized carbons (Fsp3) is 0.310. The molecule has 0 aliphatic rings. The number of sulfonamides is 1. The van der Waals surface area contributed by atoms with Crippen LogP contribution in [-0.2, 0) is 26.2 Å². The van der Waals surface area contributed by atoms with Crippen molar-refractivity contribution in [1.82, 2.24) is 10.2 Å². The molecule has 2 amide bonds. The number of carbonyl (C=O) groups excluding carboxylic acids is 2. The fourth-order valence-corrected chi connectivity index (χ4v) is 5.72. The first-order chi connectivity index (χ1) is 18.4. The molecule has 0 saturated heterocycles. The number of amides is 2. The first-order valence-corrected chi connectivity index (χ1v) is 14.8. The van der Waals surface area contributed by atoms with Crippen molar-refractivity contribution >= 4 is 50.7 Å². The second kappa shape index (κ2) is 13.3. The quantitative estimate of drug-likeness (QED) is 0.305. The maximum absolute atomic E-state index is 13.9. The zero-order valence-electron chi connectivity index (χ0n) is 22.4. The van der Waals surface area contributed by atoms with E-state index in [4.69, 9.17) is 23.2 Å². The highest BCUT2D eigenvalue weighted by Gasteiger charge is 2.33. The summed E-state index contributed by atoms with van der Waals surface area (Å²) in [6.07, 6.45) is 0.714.